The summed E-state index contributed by atoms with van der Waals surface area (Å²) >= 11 is 13.6. The number of hydrogen-bond acceptors (Lipinski definition) is 5. The number of ether oxygens (including phenoxy) is 2. The van der Waals surface area contributed by atoms with Crippen LogP contribution in [0, 0.1) is 0 Å². The van der Waals surface area contributed by atoms with Gasteiger partial charge in [0.15, 0.2) is 11.0 Å². The second-order valence-electron chi connectivity index (χ2n) is 5.80. The summed E-state index contributed by atoms with van der Waals surface area (Å²) in [5.74, 6) is 2.94. The molecular formula is C20H19Cl2N3O2S. The van der Waals surface area contributed by atoms with Crippen LogP contribution in [-0.2, 0) is 18.9 Å². The van der Waals surface area contributed by atoms with E-state index in [0.717, 1.165) is 28.0 Å². The molecule has 1 heterocycles. The Hall–Kier alpha value is -2.15. The van der Waals surface area contributed by atoms with E-state index in [9.17, 15) is 0 Å². The first-order valence-corrected chi connectivity index (χ1v) is 10.2. The van der Waals surface area contributed by atoms with Gasteiger partial charge in [0, 0.05) is 12.3 Å². The minimum atomic E-state index is 0.306. The van der Waals surface area contributed by atoms with Crippen molar-refractivity contribution in [1.82, 2.24) is 14.8 Å². The van der Waals surface area contributed by atoms with Crippen LogP contribution in [0.4, 0.5) is 0 Å². The SMILES string of the molecule is C=CCn1c(COc2ccc(OC)cc2)nnc1SCc1ccc(Cl)c(Cl)c1. The van der Waals surface area contributed by atoms with Crippen molar-refractivity contribution < 1.29 is 9.47 Å². The first-order chi connectivity index (χ1) is 13.6. The first-order valence-electron chi connectivity index (χ1n) is 8.47. The maximum atomic E-state index is 6.09. The number of allylic oxidation sites excluding steroid dienone is 1. The zero-order chi connectivity index (χ0) is 19.9. The summed E-state index contributed by atoms with van der Waals surface area (Å²) < 4.78 is 13.0. The second-order valence-corrected chi connectivity index (χ2v) is 7.56. The molecule has 3 rings (SSSR count). The van der Waals surface area contributed by atoms with Crippen molar-refractivity contribution >= 4 is 35.0 Å². The van der Waals surface area contributed by atoms with Crippen LogP contribution in [-0.4, -0.2) is 21.9 Å². The summed E-state index contributed by atoms with van der Waals surface area (Å²) in [5, 5.41) is 10.5. The van der Waals surface area contributed by atoms with Crippen LogP contribution in [0.3, 0.4) is 0 Å². The van der Waals surface area contributed by atoms with E-state index in [0.29, 0.717) is 28.9 Å². The van der Waals surface area contributed by atoms with Gasteiger partial charge in [0.25, 0.3) is 0 Å². The van der Waals surface area contributed by atoms with Crippen molar-refractivity contribution in [3.63, 3.8) is 0 Å². The summed E-state index contributed by atoms with van der Waals surface area (Å²) in [6.45, 7) is 4.72. The van der Waals surface area contributed by atoms with E-state index < -0.39 is 0 Å². The highest BCUT2D eigenvalue weighted by molar-refractivity contribution is 7.98. The molecule has 0 N–H and O–H groups in total. The van der Waals surface area contributed by atoms with Gasteiger partial charge in [-0.25, -0.2) is 0 Å². The van der Waals surface area contributed by atoms with Crippen molar-refractivity contribution in [3.8, 4) is 11.5 Å². The molecule has 3 aromatic rings. The van der Waals surface area contributed by atoms with Crippen molar-refractivity contribution in [1.29, 1.82) is 0 Å². The molecular weight excluding hydrogens is 417 g/mol. The fourth-order valence-electron chi connectivity index (χ4n) is 2.44. The number of benzene rings is 2. The lowest BCUT2D eigenvalue weighted by Gasteiger charge is -2.10. The van der Waals surface area contributed by atoms with Crippen molar-refractivity contribution in [2.75, 3.05) is 7.11 Å². The van der Waals surface area contributed by atoms with Gasteiger partial charge >= 0.3 is 0 Å². The van der Waals surface area contributed by atoms with E-state index >= 15 is 0 Å². The van der Waals surface area contributed by atoms with E-state index in [1.807, 2.05) is 47.0 Å². The molecule has 0 saturated heterocycles. The van der Waals surface area contributed by atoms with Gasteiger partial charge in [0.2, 0.25) is 0 Å². The number of hydrogen-bond donors (Lipinski definition) is 0. The predicted octanol–water partition coefficient (Wildman–Crippen LogP) is 5.65. The summed E-state index contributed by atoms with van der Waals surface area (Å²) in [6.07, 6.45) is 1.81. The lowest BCUT2D eigenvalue weighted by atomic mass is 10.2. The number of halogens is 2. The third kappa shape index (κ3) is 5.22. The Morgan fingerprint density at radius 2 is 1.82 bits per heavy atom. The maximum absolute atomic E-state index is 6.09. The molecule has 1 aromatic heterocycles. The number of rotatable bonds is 9. The zero-order valence-electron chi connectivity index (χ0n) is 15.3. The smallest absolute Gasteiger partial charge is 0.191 e. The number of nitrogens with zero attached hydrogens (tertiary/aromatic N) is 3. The summed E-state index contributed by atoms with van der Waals surface area (Å²) in [5.41, 5.74) is 1.06. The summed E-state index contributed by atoms with van der Waals surface area (Å²) in [4.78, 5) is 0. The Morgan fingerprint density at radius 1 is 1.07 bits per heavy atom. The highest BCUT2D eigenvalue weighted by Crippen LogP contribution is 2.27. The van der Waals surface area contributed by atoms with Crippen LogP contribution < -0.4 is 9.47 Å². The van der Waals surface area contributed by atoms with Crippen molar-refractivity contribution in [2.24, 2.45) is 0 Å². The van der Waals surface area contributed by atoms with Gasteiger partial charge in [-0.2, -0.15) is 0 Å². The monoisotopic (exact) mass is 435 g/mol. The van der Waals surface area contributed by atoms with E-state index in [2.05, 4.69) is 16.8 Å². The van der Waals surface area contributed by atoms with E-state index in [1.165, 1.54) is 0 Å². The normalized spacial score (nSPS) is 10.7. The molecule has 0 amide bonds. The molecule has 0 spiro atoms. The number of aromatic nitrogens is 3. The average Bonchev–Trinajstić information content (AvgIpc) is 3.09. The van der Waals surface area contributed by atoms with E-state index in [4.69, 9.17) is 32.7 Å². The molecule has 5 nitrogen and oxygen atoms in total. The molecule has 0 atom stereocenters. The molecule has 0 bridgehead atoms. The zero-order valence-corrected chi connectivity index (χ0v) is 17.6. The Morgan fingerprint density at radius 3 is 2.50 bits per heavy atom. The predicted molar refractivity (Wildman–Crippen MR) is 114 cm³/mol. The third-order valence-electron chi connectivity index (χ3n) is 3.88. The molecule has 0 radical (unpaired) electrons. The fraction of sp³-hybridized carbons (Fsp3) is 0.200. The van der Waals surface area contributed by atoms with Gasteiger partial charge in [-0.3, -0.25) is 4.57 Å². The largest absolute Gasteiger partial charge is 0.497 e. The highest BCUT2D eigenvalue weighted by atomic mass is 35.5. The van der Waals surface area contributed by atoms with Crippen LogP contribution in [0.2, 0.25) is 10.0 Å². The molecule has 8 heteroatoms. The lowest BCUT2D eigenvalue weighted by molar-refractivity contribution is 0.288. The minimum absolute atomic E-state index is 0.306. The van der Waals surface area contributed by atoms with Gasteiger partial charge in [0.1, 0.15) is 18.1 Å². The molecule has 0 aliphatic rings. The first kappa shape index (κ1) is 20.6. The van der Waals surface area contributed by atoms with E-state index in [-0.39, 0.29) is 0 Å². The summed E-state index contributed by atoms with van der Waals surface area (Å²) in [6, 6.07) is 13.0. The molecule has 0 unspecified atom stereocenters. The molecule has 0 fully saturated rings. The highest BCUT2D eigenvalue weighted by Gasteiger charge is 2.13. The number of thioether (sulfide) groups is 1. The number of methoxy groups -OCH3 is 1. The van der Waals surface area contributed by atoms with Crippen molar-refractivity contribution in [3.05, 3.63) is 76.6 Å². The topological polar surface area (TPSA) is 49.2 Å². The molecule has 146 valence electrons. The van der Waals surface area contributed by atoms with Crippen LogP contribution in [0.1, 0.15) is 11.4 Å². The summed E-state index contributed by atoms with van der Waals surface area (Å²) in [7, 11) is 1.63. The van der Waals surface area contributed by atoms with Gasteiger partial charge in [-0.15, -0.1) is 16.8 Å². The molecule has 2 aromatic carbocycles. The van der Waals surface area contributed by atoms with Crippen LogP contribution in [0.25, 0.3) is 0 Å². The molecule has 0 aliphatic heterocycles. The van der Waals surface area contributed by atoms with Crippen LogP contribution in [0.5, 0.6) is 11.5 Å². The van der Waals surface area contributed by atoms with Gasteiger partial charge in [0.05, 0.1) is 17.2 Å². The Balaban J connectivity index is 1.67. The van der Waals surface area contributed by atoms with Gasteiger partial charge in [-0.05, 0) is 42.0 Å². The quantitative estimate of drug-likeness (QED) is 0.321. The van der Waals surface area contributed by atoms with Crippen molar-refractivity contribution in [2.45, 2.75) is 24.1 Å². The van der Waals surface area contributed by atoms with E-state index in [1.54, 1.807) is 24.9 Å². The fourth-order valence-corrected chi connectivity index (χ4v) is 3.67. The Bertz CT molecular complexity index is 945. The molecule has 28 heavy (non-hydrogen) atoms. The second kappa shape index (κ2) is 9.87. The lowest BCUT2D eigenvalue weighted by Crippen LogP contribution is -2.07. The maximum Gasteiger partial charge on any atom is 0.191 e. The molecule has 0 saturated carbocycles. The minimum Gasteiger partial charge on any atom is -0.497 e. The third-order valence-corrected chi connectivity index (χ3v) is 5.66. The molecule has 0 aliphatic carbocycles. The Kier molecular flexibility index (Phi) is 7.25. The van der Waals surface area contributed by atoms with Crippen LogP contribution in [0.15, 0.2) is 60.3 Å². The average molecular weight is 436 g/mol. The standard InChI is InChI=1S/C20H19Cl2N3O2S/c1-3-10-25-19(12-27-16-7-5-15(26-2)6-8-16)23-24-20(25)28-13-14-4-9-17(21)18(22)11-14/h3-9,11H,1,10,12-13H2,2H3. The van der Waals surface area contributed by atoms with Gasteiger partial charge in [-0.1, -0.05) is 47.1 Å². The van der Waals surface area contributed by atoms with Gasteiger partial charge < -0.3 is 9.47 Å². The Labute approximate surface area is 178 Å². The van der Waals surface area contributed by atoms with Crippen LogP contribution >= 0.6 is 35.0 Å².